The average Bonchev–Trinajstić information content (AvgIpc) is 2.61. The number of hydrogen-bond donors (Lipinski definition) is 1. The summed E-state index contributed by atoms with van der Waals surface area (Å²) in [5, 5.41) is 29.2. The highest BCUT2D eigenvalue weighted by Gasteiger charge is 2.53. The molecule has 0 aromatic carbocycles. The zero-order valence-electron chi connectivity index (χ0n) is 12.5. The van der Waals surface area contributed by atoms with Crippen molar-refractivity contribution in [3.05, 3.63) is 53.0 Å². The van der Waals surface area contributed by atoms with Crippen molar-refractivity contribution in [3.8, 4) is 18.2 Å². The van der Waals surface area contributed by atoms with E-state index in [-0.39, 0.29) is 17.5 Å². The Bertz CT molecular complexity index is 800. The summed E-state index contributed by atoms with van der Waals surface area (Å²) in [7, 11) is 0. The molecule has 1 heterocycles. The molecule has 1 aromatic heterocycles. The van der Waals surface area contributed by atoms with Crippen LogP contribution < -0.4 is 5.73 Å². The van der Waals surface area contributed by atoms with Gasteiger partial charge in [0.2, 0.25) is 0 Å². The Labute approximate surface area is 135 Å². The second-order valence-corrected chi connectivity index (χ2v) is 5.89. The molecule has 0 fully saturated rings. The van der Waals surface area contributed by atoms with E-state index in [1.165, 1.54) is 0 Å². The van der Waals surface area contributed by atoms with Gasteiger partial charge in [-0.15, -0.1) is 0 Å². The molecular formula is C18H15N5. The van der Waals surface area contributed by atoms with Crippen molar-refractivity contribution < 1.29 is 0 Å². The van der Waals surface area contributed by atoms with Crippen LogP contribution in [0.1, 0.15) is 30.7 Å². The summed E-state index contributed by atoms with van der Waals surface area (Å²) in [6, 6.07) is 10.0. The fourth-order valence-corrected chi connectivity index (χ4v) is 3.82. The van der Waals surface area contributed by atoms with E-state index in [9.17, 15) is 15.8 Å². The van der Waals surface area contributed by atoms with Gasteiger partial charge in [-0.25, -0.2) is 0 Å². The maximum atomic E-state index is 9.82. The van der Waals surface area contributed by atoms with Crippen LogP contribution in [0.25, 0.3) is 0 Å². The first-order chi connectivity index (χ1) is 11.2. The minimum absolute atomic E-state index is 0.0487. The van der Waals surface area contributed by atoms with Gasteiger partial charge < -0.3 is 5.73 Å². The number of allylic oxidation sites excluding steroid dienone is 4. The maximum absolute atomic E-state index is 9.82. The van der Waals surface area contributed by atoms with Crippen LogP contribution in [0, 0.1) is 45.3 Å². The Morgan fingerprint density at radius 2 is 1.87 bits per heavy atom. The van der Waals surface area contributed by atoms with E-state index >= 15 is 0 Å². The van der Waals surface area contributed by atoms with Crippen molar-refractivity contribution in [2.45, 2.75) is 25.2 Å². The Morgan fingerprint density at radius 3 is 2.48 bits per heavy atom. The molecule has 0 amide bonds. The van der Waals surface area contributed by atoms with Crippen LogP contribution in [0.2, 0.25) is 0 Å². The molecule has 1 aromatic rings. The molecule has 2 aliphatic carbocycles. The fraction of sp³-hybridized carbons (Fsp3) is 0.333. The predicted molar refractivity (Wildman–Crippen MR) is 82.9 cm³/mol. The number of rotatable bonds is 1. The van der Waals surface area contributed by atoms with Crippen LogP contribution in [0.15, 0.2) is 47.4 Å². The van der Waals surface area contributed by atoms with Crippen molar-refractivity contribution in [2.24, 2.45) is 17.1 Å². The van der Waals surface area contributed by atoms with Crippen LogP contribution in [0.4, 0.5) is 0 Å². The van der Waals surface area contributed by atoms with Gasteiger partial charge in [0.05, 0.1) is 23.4 Å². The molecule has 5 heteroatoms. The van der Waals surface area contributed by atoms with E-state index in [0.29, 0.717) is 5.57 Å². The first-order valence-corrected chi connectivity index (χ1v) is 7.52. The van der Waals surface area contributed by atoms with Crippen molar-refractivity contribution >= 4 is 0 Å². The summed E-state index contributed by atoms with van der Waals surface area (Å²) < 4.78 is 0. The third kappa shape index (κ3) is 2.00. The number of nitriles is 3. The quantitative estimate of drug-likeness (QED) is 0.857. The van der Waals surface area contributed by atoms with Gasteiger partial charge in [0.1, 0.15) is 6.07 Å². The Hall–Kier alpha value is -3.10. The van der Waals surface area contributed by atoms with Gasteiger partial charge >= 0.3 is 0 Å². The van der Waals surface area contributed by atoms with E-state index in [1.54, 1.807) is 12.4 Å². The molecule has 3 rings (SSSR count). The molecule has 2 unspecified atom stereocenters. The molecular weight excluding hydrogens is 286 g/mol. The highest BCUT2D eigenvalue weighted by Crippen LogP contribution is 2.55. The zero-order chi connectivity index (χ0) is 16.4. The van der Waals surface area contributed by atoms with E-state index < -0.39 is 5.41 Å². The third-order valence-corrected chi connectivity index (χ3v) is 4.86. The first-order valence-electron chi connectivity index (χ1n) is 7.52. The molecule has 0 saturated carbocycles. The normalized spacial score (nSPS) is 25.3. The minimum Gasteiger partial charge on any atom is -0.399 e. The van der Waals surface area contributed by atoms with E-state index in [2.05, 4.69) is 23.2 Å². The summed E-state index contributed by atoms with van der Waals surface area (Å²) in [6.07, 6.45) is 8.04. The van der Waals surface area contributed by atoms with Crippen LogP contribution in [0.3, 0.4) is 0 Å². The van der Waals surface area contributed by atoms with Crippen LogP contribution in [0.5, 0.6) is 0 Å². The number of fused-ring (bicyclic) bond motifs is 1. The third-order valence-electron chi connectivity index (χ3n) is 4.86. The molecule has 112 valence electrons. The topological polar surface area (TPSA) is 110 Å². The van der Waals surface area contributed by atoms with Crippen molar-refractivity contribution in [2.75, 3.05) is 0 Å². The lowest BCUT2D eigenvalue weighted by Crippen LogP contribution is -2.42. The van der Waals surface area contributed by atoms with Gasteiger partial charge in [0.25, 0.3) is 0 Å². The summed E-state index contributed by atoms with van der Waals surface area (Å²) in [5.74, 6) is -0.434. The highest BCUT2D eigenvalue weighted by atomic mass is 14.7. The zero-order valence-corrected chi connectivity index (χ0v) is 12.5. The second-order valence-electron chi connectivity index (χ2n) is 5.89. The Kier molecular flexibility index (Phi) is 3.61. The molecule has 0 radical (unpaired) electrons. The van der Waals surface area contributed by atoms with E-state index in [1.807, 2.05) is 18.2 Å². The molecule has 0 bridgehead atoms. The second kappa shape index (κ2) is 5.59. The Morgan fingerprint density at radius 1 is 1.17 bits per heavy atom. The average molecular weight is 301 g/mol. The lowest BCUT2D eigenvalue weighted by atomic mass is 9.57. The summed E-state index contributed by atoms with van der Waals surface area (Å²) in [5.41, 5.74) is 6.80. The molecule has 0 aliphatic heterocycles. The molecule has 5 nitrogen and oxygen atoms in total. The van der Waals surface area contributed by atoms with Crippen LogP contribution in [-0.2, 0) is 0 Å². The molecule has 0 saturated heterocycles. The largest absolute Gasteiger partial charge is 0.399 e. The highest BCUT2D eigenvalue weighted by molar-refractivity contribution is 5.59. The standard InChI is InChI=1S/C18H15N5/c19-9-15-13-3-1-2-4-14(13)16(12-5-7-23-8-6-12)18(10-20,11-21)17(15)22/h3,5-8,14,16H,1-2,4,22H2. The monoisotopic (exact) mass is 301 g/mol. The molecule has 2 N–H and O–H groups in total. The maximum Gasteiger partial charge on any atom is 0.191 e. The van der Waals surface area contributed by atoms with E-state index in [4.69, 9.17) is 5.73 Å². The van der Waals surface area contributed by atoms with Crippen molar-refractivity contribution in [1.29, 1.82) is 15.8 Å². The van der Waals surface area contributed by atoms with Crippen LogP contribution >= 0.6 is 0 Å². The lowest BCUT2D eigenvalue weighted by Gasteiger charge is -2.43. The van der Waals surface area contributed by atoms with Gasteiger partial charge in [-0.05, 0) is 48.4 Å². The molecule has 23 heavy (non-hydrogen) atoms. The van der Waals surface area contributed by atoms with Gasteiger partial charge in [-0.2, -0.15) is 15.8 Å². The Balaban J connectivity index is 2.33. The summed E-state index contributed by atoms with van der Waals surface area (Å²) >= 11 is 0. The molecule has 0 spiro atoms. The summed E-state index contributed by atoms with van der Waals surface area (Å²) in [4.78, 5) is 4.02. The SMILES string of the molecule is N#CC1=C(N)C(C#N)(C#N)C(c2ccncc2)C2CCCC=C12. The fourth-order valence-electron chi connectivity index (χ4n) is 3.82. The van der Waals surface area contributed by atoms with Gasteiger partial charge in [0.15, 0.2) is 5.41 Å². The minimum atomic E-state index is -1.52. The number of nitrogens with zero attached hydrogens (tertiary/aromatic N) is 4. The first kappa shape index (κ1) is 14.8. The van der Waals surface area contributed by atoms with Crippen molar-refractivity contribution in [3.63, 3.8) is 0 Å². The van der Waals surface area contributed by atoms with Gasteiger partial charge in [0, 0.05) is 18.3 Å². The van der Waals surface area contributed by atoms with Crippen LogP contribution in [-0.4, -0.2) is 4.98 Å². The van der Waals surface area contributed by atoms with E-state index in [0.717, 1.165) is 30.4 Å². The number of hydrogen-bond acceptors (Lipinski definition) is 5. The molecule has 2 aliphatic rings. The van der Waals surface area contributed by atoms with Gasteiger partial charge in [-0.3, -0.25) is 4.98 Å². The lowest BCUT2D eigenvalue weighted by molar-refractivity contribution is 0.317. The predicted octanol–water partition coefficient (Wildman–Crippen LogP) is 2.68. The molecule has 2 atom stereocenters. The number of pyridine rings is 1. The van der Waals surface area contributed by atoms with Gasteiger partial charge in [-0.1, -0.05) is 6.08 Å². The smallest absolute Gasteiger partial charge is 0.191 e. The summed E-state index contributed by atoms with van der Waals surface area (Å²) in [6.45, 7) is 0. The van der Waals surface area contributed by atoms with Crippen molar-refractivity contribution in [1.82, 2.24) is 4.98 Å². The number of nitrogens with two attached hydrogens (primary N) is 1. The number of aromatic nitrogens is 1.